The summed E-state index contributed by atoms with van der Waals surface area (Å²) in [6.45, 7) is 2.29. The topological polar surface area (TPSA) is 88.1 Å². The molecule has 0 radical (unpaired) electrons. The summed E-state index contributed by atoms with van der Waals surface area (Å²) >= 11 is 0. The Balaban J connectivity index is 1.77. The maximum absolute atomic E-state index is 8.80. The Morgan fingerprint density at radius 1 is 1.50 bits per heavy atom. The zero-order valence-corrected chi connectivity index (χ0v) is 10.0. The van der Waals surface area contributed by atoms with Crippen LogP contribution in [0.2, 0.25) is 0 Å². The average Bonchev–Trinajstić information content (AvgIpc) is 3.23. The quantitative estimate of drug-likeness (QED) is 0.818. The van der Waals surface area contributed by atoms with Gasteiger partial charge in [-0.2, -0.15) is 10.2 Å². The normalized spacial score (nSPS) is 23.7. The molecule has 1 aliphatic carbocycles. The Kier molecular flexibility index (Phi) is 2.76. The summed E-state index contributed by atoms with van der Waals surface area (Å²) < 4.78 is 5.75. The summed E-state index contributed by atoms with van der Waals surface area (Å²) in [5.41, 5.74) is 6.04. The number of hydrogen-bond acceptors (Lipinski definition) is 6. The molecule has 0 unspecified atom stereocenters. The first-order valence-electron chi connectivity index (χ1n) is 6.17. The van der Waals surface area contributed by atoms with Gasteiger partial charge in [0.15, 0.2) is 0 Å². The summed E-state index contributed by atoms with van der Waals surface area (Å²) in [6.07, 6.45) is 4.29. The number of nitriles is 1. The zero-order chi connectivity index (χ0) is 12.5. The third-order valence-electron chi connectivity index (χ3n) is 3.45. The second-order valence-electron chi connectivity index (χ2n) is 4.77. The van der Waals surface area contributed by atoms with E-state index in [0.717, 1.165) is 13.1 Å². The maximum Gasteiger partial charge on any atom is 0.227 e. The van der Waals surface area contributed by atoms with Crippen LogP contribution < -0.4 is 10.6 Å². The van der Waals surface area contributed by atoms with Crippen LogP contribution >= 0.6 is 0 Å². The molecule has 0 spiro atoms. The van der Waals surface area contributed by atoms with E-state index in [0.29, 0.717) is 30.1 Å². The van der Waals surface area contributed by atoms with E-state index < -0.39 is 0 Å². The van der Waals surface area contributed by atoms with Crippen LogP contribution in [0.15, 0.2) is 6.20 Å². The van der Waals surface area contributed by atoms with E-state index >= 15 is 0 Å². The second-order valence-corrected chi connectivity index (χ2v) is 4.77. The SMILES string of the molecule is N#Cc1cnc(N2CCO[C@H](C3CC3)C2)nc1N. The standard InChI is InChI=1S/C12H15N5O/c13-5-9-6-15-12(16-11(9)14)17-3-4-18-10(7-17)8-1-2-8/h6,8,10H,1-4,7H2,(H2,14,15,16)/t10-/m0/s1. The smallest absolute Gasteiger partial charge is 0.227 e. The van der Waals surface area contributed by atoms with Crippen LogP contribution in [-0.4, -0.2) is 35.8 Å². The van der Waals surface area contributed by atoms with Crippen LogP contribution in [0.5, 0.6) is 0 Å². The van der Waals surface area contributed by atoms with Crippen molar-refractivity contribution >= 4 is 11.8 Å². The molecule has 2 aliphatic rings. The lowest BCUT2D eigenvalue weighted by atomic mass is 10.2. The monoisotopic (exact) mass is 245 g/mol. The van der Waals surface area contributed by atoms with E-state index in [9.17, 15) is 0 Å². The van der Waals surface area contributed by atoms with Gasteiger partial charge < -0.3 is 15.4 Å². The largest absolute Gasteiger partial charge is 0.382 e. The highest BCUT2D eigenvalue weighted by molar-refractivity contribution is 5.50. The first kappa shape index (κ1) is 11.2. The van der Waals surface area contributed by atoms with E-state index in [1.54, 1.807) is 0 Å². The Hall–Kier alpha value is -1.87. The zero-order valence-electron chi connectivity index (χ0n) is 10.0. The highest BCUT2D eigenvalue weighted by atomic mass is 16.5. The first-order valence-corrected chi connectivity index (χ1v) is 6.17. The van der Waals surface area contributed by atoms with Gasteiger partial charge in [0, 0.05) is 13.1 Å². The Morgan fingerprint density at radius 3 is 3.00 bits per heavy atom. The second kappa shape index (κ2) is 4.42. The molecule has 1 aromatic heterocycles. The Morgan fingerprint density at radius 2 is 2.33 bits per heavy atom. The number of anilines is 2. The van der Waals surface area contributed by atoms with Crippen LogP contribution in [0.1, 0.15) is 18.4 Å². The van der Waals surface area contributed by atoms with Crippen molar-refractivity contribution < 1.29 is 4.74 Å². The lowest BCUT2D eigenvalue weighted by Gasteiger charge is -2.33. The number of aromatic nitrogens is 2. The fourth-order valence-electron chi connectivity index (χ4n) is 2.23. The van der Waals surface area contributed by atoms with Gasteiger partial charge in [-0.1, -0.05) is 0 Å². The molecule has 3 rings (SSSR count). The highest BCUT2D eigenvalue weighted by Crippen LogP contribution is 2.36. The lowest BCUT2D eigenvalue weighted by molar-refractivity contribution is 0.0258. The number of ether oxygens (including phenoxy) is 1. The molecule has 1 atom stereocenters. The van der Waals surface area contributed by atoms with E-state index in [4.69, 9.17) is 15.7 Å². The fraction of sp³-hybridized carbons (Fsp3) is 0.583. The van der Waals surface area contributed by atoms with Crippen LogP contribution in [0, 0.1) is 17.2 Å². The predicted octanol–water partition coefficient (Wildman–Crippen LogP) is 0.546. The van der Waals surface area contributed by atoms with Crippen molar-refractivity contribution in [1.82, 2.24) is 9.97 Å². The minimum Gasteiger partial charge on any atom is -0.382 e. The van der Waals surface area contributed by atoms with Gasteiger partial charge in [0.2, 0.25) is 5.95 Å². The molecule has 2 N–H and O–H groups in total. The summed E-state index contributed by atoms with van der Waals surface area (Å²) in [4.78, 5) is 10.5. The highest BCUT2D eigenvalue weighted by Gasteiger charge is 2.35. The number of nitrogen functional groups attached to an aromatic ring is 1. The third kappa shape index (κ3) is 2.09. The third-order valence-corrected chi connectivity index (χ3v) is 3.45. The molecule has 1 saturated heterocycles. The first-order chi connectivity index (χ1) is 8.78. The number of nitrogens with two attached hydrogens (primary N) is 1. The van der Waals surface area contributed by atoms with Crippen molar-refractivity contribution in [2.24, 2.45) is 5.92 Å². The van der Waals surface area contributed by atoms with E-state index in [1.807, 2.05) is 6.07 Å². The van der Waals surface area contributed by atoms with Gasteiger partial charge in [0.1, 0.15) is 17.5 Å². The molecular formula is C12H15N5O. The molecular weight excluding hydrogens is 230 g/mol. The molecule has 18 heavy (non-hydrogen) atoms. The number of morpholine rings is 1. The molecule has 6 heteroatoms. The van der Waals surface area contributed by atoms with Gasteiger partial charge >= 0.3 is 0 Å². The van der Waals surface area contributed by atoms with Crippen molar-refractivity contribution in [1.29, 1.82) is 5.26 Å². The fourth-order valence-corrected chi connectivity index (χ4v) is 2.23. The van der Waals surface area contributed by atoms with Gasteiger partial charge in [0.05, 0.1) is 18.9 Å². The molecule has 0 aromatic carbocycles. The molecule has 1 saturated carbocycles. The van der Waals surface area contributed by atoms with Crippen molar-refractivity contribution in [2.75, 3.05) is 30.3 Å². The van der Waals surface area contributed by atoms with Gasteiger partial charge in [-0.15, -0.1) is 0 Å². The van der Waals surface area contributed by atoms with Gasteiger partial charge in [-0.25, -0.2) is 4.98 Å². The van der Waals surface area contributed by atoms with Gasteiger partial charge in [-0.05, 0) is 18.8 Å². The van der Waals surface area contributed by atoms with Crippen LogP contribution in [-0.2, 0) is 4.74 Å². The molecule has 2 heterocycles. The molecule has 94 valence electrons. The maximum atomic E-state index is 8.80. The van der Waals surface area contributed by atoms with Gasteiger partial charge in [-0.3, -0.25) is 0 Å². The minimum atomic E-state index is 0.247. The van der Waals surface area contributed by atoms with Crippen molar-refractivity contribution in [3.05, 3.63) is 11.8 Å². The summed E-state index contributed by atoms with van der Waals surface area (Å²) in [7, 11) is 0. The number of nitrogens with zero attached hydrogens (tertiary/aromatic N) is 4. The molecule has 6 nitrogen and oxygen atoms in total. The number of hydrogen-bond donors (Lipinski definition) is 1. The van der Waals surface area contributed by atoms with Gasteiger partial charge in [0.25, 0.3) is 0 Å². The van der Waals surface area contributed by atoms with E-state index in [1.165, 1.54) is 19.0 Å². The van der Waals surface area contributed by atoms with E-state index in [2.05, 4.69) is 14.9 Å². The molecule has 0 bridgehead atoms. The van der Waals surface area contributed by atoms with Crippen LogP contribution in [0.4, 0.5) is 11.8 Å². The van der Waals surface area contributed by atoms with Crippen LogP contribution in [0.3, 0.4) is 0 Å². The Bertz CT molecular complexity index is 494. The number of rotatable bonds is 2. The van der Waals surface area contributed by atoms with Crippen LogP contribution in [0.25, 0.3) is 0 Å². The minimum absolute atomic E-state index is 0.247. The summed E-state index contributed by atoms with van der Waals surface area (Å²) in [6, 6.07) is 1.97. The predicted molar refractivity (Wildman–Crippen MR) is 65.8 cm³/mol. The van der Waals surface area contributed by atoms with Crippen molar-refractivity contribution in [2.45, 2.75) is 18.9 Å². The van der Waals surface area contributed by atoms with Crippen molar-refractivity contribution in [3.8, 4) is 6.07 Å². The molecule has 1 aliphatic heterocycles. The summed E-state index contributed by atoms with van der Waals surface area (Å²) in [5, 5.41) is 8.80. The summed E-state index contributed by atoms with van der Waals surface area (Å²) in [5.74, 6) is 1.54. The van der Waals surface area contributed by atoms with E-state index in [-0.39, 0.29) is 5.82 Å². The molecule has 2 fully saturated rings. The Labute approximate surface area is 105 Å². The lowest BCUT2D eigenvalue weighted by Crippen LogP contribution is -2.44. The van der Waals surface area contributed by atoms with Crippen molar-refractivity contribution in [3.63, 3.8) is 0 Å². The molecule has 0 amide bonds. The molecule has 1 aromatic rings. The average molecular weight is 245 g/mol.